The molecule has 0 unspecified atom stereocenters. The lowest BCUT2D eigenvalue weighted by Crippen LogP contribution is -2.09. The van der Waals surface area contributed by atoms with Crippen LogP contribution in [0.1, 0.15) is 5.69 Å². The Labute approximate surface area is 96.5 Å². The molecule has 0 spiro atoms. The van der Waals surface area contributed by atoms with E-state index in [4.69, 9.17) is 5.84 Å². The minimum Gasteiger partial charge on any atom is -0.312 e. The summed E-state index contributed by atoms with van der Waals surface area (Å²) >= 11 is 1.56. The van der Waals surface area contributed by atoms with Gasteiger partial charge in [0.1, 0.15) is 6.33 Å². The van der Waals surface area contributed by atoms with Crippen LogP contribution in [-0.4, -0.2) is 24.7 Å². The SMILES string of the molecule is Cn1cnnc1SCc1cnc(NN)cn1. The van der Waals surface area contributed by atoms with E-state index in [1.54, 1.807) is 30.5 Å². The van der Waals surface area contributed by atoms with E-state index in [0.29, 0.717) is 11.6 Å². The van der Waals surface area contributed by atoms with Crippen LogP contribution >= 0.6 is 11.8 Å². The van der Waals surface area contributed by atoms with E-state index in [0.717, 1.165) is 10.9 Å². The first-order valence-corrected chi connectivity index (χ1v) is 5.52. The van der Waals surface area contributed by atoms with E-state index in [1.807, 2.05) is 11.6 Å². The number of anilines is 1. The van der Waals surface area contributed by atoms with Gasteiger partial charge in [-0.1, -0.05) is 11.8 Å². The molecule has 0 fully saturated rings. The fourth-order valence-corrected chi connectivity index (χ4v) is 1.83. The third kappa shape index (κ3) is 2.47. The number of aromatic nitrogens is 5. The van der Waals surface area contributed by atoms with Crippen molar-refractivity contribution >= 4 is 17.6 Å². The molecule has 0 bridgehead atoms. The number of rotatable bonds is 4. The highest BCUT2D eigenvalue weighted by atomic mass is 32.2. The van der Waals surface area contributed by atoms with E-state index in [9.17, 15) is 0 Å². The number of nitrogen functional groups attached to an aromatic ring is 1. The van der Waals surface area contributed by atoms with Gasteiger partial charge in [0.05, 0.1) is 18.1 Å². The van der Waals surface area contributed by atoms with E-state index >= 15 is 0 Å². The lowest BCUT2D eigenvalue weighted by atomic mass is 10.5. The molecule has 3 N–H and O–H groups in total. The Morgan fingerprint density at radius 1 is 1.44 bits per heavy atom. The number of nitrogens with one attached hydrogen (secondary N) is 1. The van der Waals surface area contributed by atoms with E-state index in [1.165, 1.54) is 0 Å². The Hall–Kier alpha value is -1.67. The van der Waals surface area contributed by atoms with E-state index in [-0.39, 0.29) is 0 Å². The lowest BCUT2D eigenvalue weighted by Gasteiger charge is -2.01. The van der Waals surface area contributed by atoms with E-state index in [2.05, 4.69) is 25.6 Å². The summed E-state index contributed by atoms with van der Waals surface area (Å²) in [6.07, 6.45) is 4.93. The lowest BCUT2D eigenvalue weighted by molar-refractivity contribution is 0.788. The predicted octanol–water partition coefficient (Wildman–Crippen LogP) is 0.183. The molecule has 0 saturated heterocycles. The van der Waals surface area contributed by atoms with Crippen LogP contribution in [0.5, 0.6) is 0 Å². The van der Waals surface area contributed by atoms with Crippen molar-refractivity contribution in [3.8, 4) is 0 Å². The largest absolute Gasteiger partial charge is 0.312 e. The third-order valence-corrected chi connectivity index (χ3v) is 2.94. The minimum absolute atomic E-state index is 0.549. The second kappa shape index (κ2) is 4.90. The number of thioether (sulfide) groups is 1. The number of nitrogens with zero attached hydrogens (tertiary/aromatic N) is 5. The summed E-state index contributed by atoms with van der Waals surface area (Å²) in [7, 11) is 1.90. The molecule has 8 heteroatoms. The Balaban J connectivity index is 1.97. The highest BCUT2D eigenvalue weighted by molar-refractivity contribution is 7.98. The molecule has 2 heterocycles. The van der Waals surface area contributed by atoms with Crippen LogP contribution in [0, 0.1) is 0 Å². The van der Waals surface area contributed by atoms with Crippen molar-refractivity contribution in [2.24, 2.45) is 12.9 Å². The Morgan fingerprint density at radius 3 is 2.88 bits per heavy atom. The fourth-order valence-electron chi connectivity index (χ4n) is 1.05. The van der Waals surface area contributed by atoms with E-state index < -0.39 is 0 Å². The molecule has 2 aromatic rings. The van der Waals surface area contributed by atoms with Gasteiger partial charge in [0.2, 0.25) is 0 Å². The summed E-state index contributed by atoms with van der Waals surface area (Å²) in [5.74, 6) is 6.44. The molecule has 2 aromatic heterocycles. The highest BCUT2D eigenvalue weighted by Gasteiger charge is 2.03. The maximum atomic E-state index is 5.19. The molecule has 0 aliphatic heterocycles. The second-order valence-electron chi connectivity index (χ2n) is 3.05. The van der Waals surface area contributed by atoms with Crippen LogP contribution in [-0.2, 0) is 12.8 Å². The van der Waals surface area contributed by atoms with Crippen molar-refractivity contribution in [2.45, 2.75) is 10.9 Å². The van der Waals surface area contributed by atoms with Crippen molar-refractivity contribution in [3.05, 3.63) is 24.4 Å². The number of hydrogen-bond acceptors (Lipinski definition) is 7. The predicted molar refractivity (Wildman–Crippen MR) is 60.4 cm³/mol. The number of hydrogen-bond donors (Lipinski definition) is 2. The number of aryl methyl sites for hydroxylation is 1. The van der Waals surface area contributed by atoms with Gasteiger partial charge in [0, 0.05) is 12.8 Å². The third-order valence-electron chi connectivity index (χ3n) is 1.87. The van der Waals surface area contributed by atoms with Gasteiger partial charge in [-0.25, -0.2) is 10.8 Å². The molecule has 0 saturated carbocycles. The smallest absolute Gasteiger partial charge is 0.191 e. The zero-order valence-corrected chi connectivity index (χ0v) is 9.48. The summed E-state index contributed by atoms with van der Waals surface area (Å²) in [5, 5.41) is 8.60. The van der Waals surface area contributed by atoms with Gasteiger partial charge in [-0.3, -0.25) is 4.98 Å². The van der Waals surface area contributed by atoms with Crippen LogP contribution in [0.3, 0.4) is 0 Å². The van der Waals surface area contributed by atoms with Gasteiger partial charge in [-0.2, -0.15) is 0 Å². The first-order chi connectivity index (χ1) is 7.79. The molecule has 0 aromatic carbocycles. The minimum atomic E-state index is 0.549. The van der Waals surface area contributed by atoms with Gasteiger partial charge in [0.25, 0.3) is 0 Å². The average molecular weight is 237 g/mol. The van der Waals surface area contributed by atoms with Crippen molar-refractivity contribution in [1.82, 2.24) is 24.7 Å². The molecule has 0 aliphatic carbocycles. The maximum absolute atomic E-state index is 5.19. The van der Waals surface area contributed by atoms with Crippen molar-refractivity contribution in [1.29, 1.82) is 0 Å². The molecule has 16 heavy (non-hydrogen) atoms. The van der Waals surface area contributed by atoms with Crippen molar-refractivity contribution < 1.29 is 0 Å². The van der Waals surface area contributed by atoms with Crippen molar-refractivity contribution in [3.63, 3.8) is 0 Å². The fraction of sp³-hybridized carbons (Fsp3) is 0.250. The molecular weight excluding hydrogens is 226 g/mol. The quantitative estimate of drug-likeness (QED) is 0.445. The van der Waals surface area contributed by atoms with Crippen LogP contribution in [0.25, 0.3) is 0 Å². The summed E-state index contributed by atoms with van der Waals surface area (Å²) in [6, 6.07) is 0. The van der Waals surface area contributed by atoms with Crippen molar-refractivity contribution in [2.75, 3.05) is 5.43 Å². The van der Waals surface area contributed by atoms with Crippen LogP contribution < -0.4 is 11.3 Å². The maximum Gasteiger partial charge on any atom is 0.191 e. The second-order valence-corrected chi connectivity index (χ2v) is 3.99. The molecule has 0 amide bonds. The topological polar surface area (TPSA) is 94.5 Å². The van der Waals surface area contributed by atoms with Gasteiger partial charge < -0.3 is 9.99 Å². The summed E-state index contributed by atoms with van der Waals surface area (Å²) in [5.41, 5.74) is 3.29. The molecule has 0 atom stereocenters. The Morgan fingerprint density at radius 2 is 2.31 bits per heavy atom. The molecular formula is C8H11N7S. The zero-order valence-electron chi connectivity index (χ0n) is 8.66. The molecule has 7 nitrogen and oxygen atoms in total. The molecule has 84 valence electrons. The summed E-state index contributed by atoms with van der Waals surface area (Å²) < 4.78 is 1.86. The monoisotopic (exact) mass is 237 g/mol. The van der Waals surface area contributed by atoms with Gasteiger partial charge in [-0.05, 0) is 0 Å². The molecule has 0 aliphatic rings. The summed E-state index contributed by atoms with van der Waals surface area (Å²) in [4.78, 5) is 8.26. The average Bonchev–Trinajstić information content (AvgIpc) is 2.73. The summed E-state index contributed by atoms with van der Waals surface area (Å²) in [6.45, 7) is 0. The Bertz CT molecular complexity index is 452. The highest BCUT2D eigenvalue weighted by Crippen LogP contribution is 2.18. The first kappa shape index (κ1) is 10.8. The zero-order chi connectivity index (χ0) is 11.4. The molecule has 0 radical (unpaired) electrons. The number of hydrazine groups is 1. The first-order valence-electron chi connectivity index (χ1n) is 4.54. The van der Waals surface area contributed by atoms with Crippen LogP contribution in [0.4, 0.5) is 5.82 Å². The van der Waals surface area contributed by atoms with Gasteiger partial charge in [0.15, 0.2) is 11.0 Å². The normalized spacial score (nSPS) is 10.4. The molecule has 2 rings (SSSR count). The van der Waals surface area contributed by atoms with Gasteiger partial charge in [-0.15, -0.1) is 10.2 Å². The standard InChI is InChI=1S/C8H11N7S/c1-15-5-12-14-8(15)16-4-6-2-11-7(13-9)3-10-6/h2-3,5H,4,9H2,1H3,(H,11,13). The Kier molecular flexibility index (Phi) is 3.32. The van der Waals surface area contributed by atoms with Gasteiger partial charge >= 0.3 is 0 Å². The van der Waals surface area contributed by atoms with Crippen LogP contribution in [0.15, 0.2) is 23.9 Å². The van der Waals surface area contributed by atoms with Crippen LogP contribution in [0.2, 0.25) is 0 Å². The number of nitrogens with two attached hydrogens (primary N) is 1.